The highest BCUT2D eigenvalue weighted by Gasteiger charge is 2.33. The van der Waals surface area contributed by atoms with E-state index >= 15 is 0 Å². The summed E-state index contributed by atoms with van der Waals surface area (Å²) >= 11 is 12.5. The van der Waals surface area contributed by atoms with Crippen LogP contribution >= 0.6 is 23.2 Å². The quantitative estimate of drug-likeness (QED) is 0.290. The van der Waals surface area contributed by atoms with Gasteiger partial charge in [-0.15, -0.1) is 0 Å². The van der Waals surface area contributed by atoms with Crippen LogP contribution in [0.15, 0.2) is 60.7 Å². The minimum atomic E-state index is -0.415. The first-order valence-electron chi connectivity index (χ1n) is 12.9. The third-order valence-corrected chi connectivity index (χ3v) is 7.44. The molecular formula is C30H29Cl2NO5. The molecule has 5 rings (SSSR count). The first-order chi connectivity index (χ1) is 18.4. The molecule has 1 heterocycles. The fraction of sp³-hybridized carbons (Fsp3) is 0.333. The van der Waals surface area contributed by atoms with Gasteiger partial charge in [0.25, 0.3) is 5.91 Å². The van der Waals surface area contributed by atoms with Gasteiger partial charge < -0.3 is 19.5 Å². The molecule has 2 aliphatic rings. The van der Waals surface area contributed by atoms with Crippen LogP contribution in [0.25, 0.3) is 0 Å². The van der Waals surface area contributed by atoms with Crippen molar-refractivity contribution in [3.8, 4) is 17.2 Å². The van der Waals surface area contributed by atoms with Crippen molar-refractivity contribution >= 4 is 35.1 Å². The van der Waals surface area contributed by atoms with Crippen molar-refractivity contribution in [2.24, 2.45) is 5.92 Å². The molecule has 3 aromatic carbocycles. The molecule has 0 spiro atoms. The van der Waals surface area contributed by atoms with E-state index in [1.165, 1.54) is 0 Å². The van der Waals surface area contributed by atoms with Crippen LogP contribution in [0.3, 0.4) is 0 Å². The van der Waals surface area contributed by atoms with E-state index in [9.17, 15) is 9.59 Å². The zero-order valence-electron chi connectivity index (χ0n) is 21.0. The summed E-state index contributed by atoms with van der Waals surface area (Å²) in [7, 11) is 0. The highest BCUT2D eigenvalue weighted by Crippen LogP contribution is 2.42. The minimum Gasteiger partial charge on any atom is -0.493 e. The molecule has 1 N–H and O–H groups in total. The number of hydrogen-bond acceptors (Lipinski definition) is 5. The van der Waals surface area contributed by atoms with Crippen LogP contribution in [-0.4, -0.2) is 31.1 Å². The lowest BCUT2D eigenvalue weighted by atomic mass is 9.93. The molecular weight excluding hydrogens is 525 g/mol. The average Bonchev–Trinajstić information content (AvgIpc) is 3.76. The van der Waals surface area contributed by atoms with Gasteiger partial charge in [-0.3, -0.25) is 9.59 Å². The molecule has 1 aliphatic carbocycles. The maximum Gasteiger partial charge on any atom is 0.313 e. The van der Waals surface area contributed by atoms with Crippen molar-refractivity contribution in [1.82, 2.24) is 5.32 Å². The molecule has 0 radical (unpaired) electrons. The van der Waals surface area contributed by atoms with E-state index in [0.29, 0.717) is 64.0 Å². The first kappa shape index (κ1) is 26.4. The zero-order chi connectivity index (χ0) is 26.6. The summed E-state index contributed by atoms with van der Waals surface area (Å²) in [6.45, 7) is 2.50. The van der Waals surface area contributed by atoms with E-state index in [2.05, 4.69) is 5.32 Å². The Kier molecular flexibility index (Phi) is 8.10. The van der Waals surface area contributed by atoms with E-state index < -0.39 is 5.92 Å². The topological polar surface area (TPSA) is 73.9 Å². The van der Waals surface area contributed by atoms with Gasteiger partial charge in [0.15, 0.2) is 0 Å². The molecule has 2 atom stereocenters. The number of rotatable bonds is 9. The second-order valence-corrected chi connectivity index (χ2v) is 10.5. The van der Waals surface area contributed by atoms with Crippen LogP contribution in [0.4, 0.5) is 0 Å². The summed E-state index contributed by atoms with van der Waals surface area (Å²) in [5.74, 6) is 1.16. The monoisotopic (exact) mass is 553 g/mol. The highest BCUT2D eigenvalue weighted by atomic mass is 35.5. The van der Waals surface area contributed by atoms with Crippen LogP contribution in [0, 0.1) is 5.92 Å². The standard InChI is InChI=1S/C30H29Cl2NO5/c1-2-36-30(35)23-13-14-37-27-17-28(25(32)16-24(23)27)38-22-11-7-20(8-12-22)29(34)33-26(19-5-6-19)15-18-3-9-21(31)10-4-18/h3-4,7-12,16-17,19,23,26H,2,5-6,13-15H2,1H3,(H,33,34). The Balaban J connectivity index is 1.25. The summed E-state index contributed by atoms with van der Waals surface area (Å²) in [6.07, 6.45) is 3.55. The van der Waals surface area contributed by atoms with Crippen LogP contribution < -0.4 is 14.8 Å². The minimum absolute atomic E-state index is 0.0762. The number of carbonyl (C=O) groups excluding carboxylic acids is 2. The number of amides is 1. The van der Waals surface area contributed by atoms with Crippen molar-refractivity contribution in [3.63, 3.8) is 0 Å². The number of fused-ring (bicyclic) bond motifs is 1. The summed E-state index contributed by atoms with van der Waals surface area (Å²) in [6, 6.07) is 18.2. The fourth-order valence-electron chi connectivity index (χ4n) is 4.72. The van der Waals surface area contributed by atoms with Gasteiger partial charge in [0, 0.05) is 28.3 Å². The van der Waals surface area contributed by atoms with Crippen LogP contribution in [0.5, 0.6) is 17.2 Å². The maximum absolute atomic E-state index is 13.0. The Morgan fingerprint density at radius 1 is 1.03 bits per heavy atom. The van der Waals surface area contributed by atoms with Gasteiger partial charge in [0.2, 0.25) is 0 Å². The highest BCUT2D eigenvalue weighted by molar-refractivity contribution is 6.32. The van der Waals surface area contributed by atoms with Crippen molar-refractivity contribution < 1.29 is 23.8 Å². The van der Waals surface area contributed by atoms with Gasteiger partial charge in [0.05, 0.1) is 24.2 Å². The van der Waals surface area contributed by atoms with Crippen molar-refractivity contribution in [2.75, 3.05) is 13.2 Å². The molecule has 6 nitrogen and oxygen atoms in total. The lowest BCUT2D eigenvalue weighted by Crippen LogP contribution is -2.38. The van der Waals surface area contributed by atoms with E-state index in [1.807, 2.05) is 24.3 Å². The van der Waals surface area contributed by atoms with E-state index in [0.717, 1.165) is 24.8 Å². The van der Waals surface area contributed by atoms with Gasteiger partial charge in [-0.2, -0.15) is 0 Å². The molecule has 2 unspecified atom stereocenters. The number of hydrogen-bond donors (Lipinski definition) is 1. The van der Waals surface area contributed by atoms with Gasteiger partial charge in [0.1, 0.15) is 17.2 Å². The lowest BCUT2D eigenvalue weighted by molar-refractivity contribution is -0.145. The Hall–Kier alpha value is -3.22. The molecule has 0 saturated heterocycles. The van der Waals surface area contributed by atoms with Crippen molar-refractivity contribution in [1.29, 1.82) is 0 Å². The summed E-state index contributed by atoms with van der Waals surface area (Å²) in [5, 5.41) is 4.27. The van der Waals surface area contributed by atoms with Gasteiger partial charge >= 0.3 is 5.97 Å². The SMILES string of the molecule is CCOC(=O)C1CCOc2cc(Oc3ccc(C(=O)NC(Cc4ccc(Cl)cc4)C4CC4)cc3)c(Cl)cc21. The Bertz CT molecular complexity index is 1310. The molecule has 38 heavy (non-hydrogen) atoms. The molecule has 198 valence electrons. The Morgan fingerprint density at radius 3 is 2.45 bits per heavy atom. The number of halogens is 2. The predicted octanol–water partition coefficient (Wildman–Crippen LogP) is 6.97. The zero-order valence-corrected chi connectivity index (χ0v) is 22.6. The molecule has 0 bridgehead atoms. The third-order valence-electron chi connectivity index (χ3n) is 6.90. The van der Waals surface area contributed by atoms with Gasteiger partial charge in [-0.05, 0) is 86.6 Å². The Labute approximate surface area is 232 Å². The molecule has 1 saturated carbocycles. The largest absolute Gasteiger partial charge is 0.493 e. The predicted molar refractivity (Wildman–Crippen MR) is 147 cm³/mol. The summed E-state index contributed by atoms with van der Waals surface area (Å²) < 4.78 is 17.0. The summed E-state index contributed by atoms with van der Waals surface area (Å²) in [5.41, 5.74) is 2.40. The van der Waals surface area contributed by atoms with E-state index in [1.54, 1.807) is 43.3 Å². The van der Waals surface area contributed by atoms with Gasteiger partial charge in [-0.1, -0.05) is 35.3 Å². The lowest BCUT2D eigenvalue weighted by Gasteiger charge is -2.25. The number of carbonyl (C=O) groups is 2. The van der Waals surface area contributed by atoms with Crippen molar-refractivity contribution in [3.05, 3.63) is 87.4 Å². The van der Waals surface area contributed by atoms with Crippen LogP contribution in [0.1, 0.15) is 53.6 Å². The van der Waals surface area contributed by atoms with Gasteiger partial charge in [-0.25, -0.2) is 0 Å². The number of benzene rings is 3. The number of nitrogens with one attached hydrogen (secondary N) is 1. The smallest absolute Gasteiger partial charge is 0.313 e. The first-order valence-corrected chi connectivity index (χ1v) is 13.6. The van der Waals surface area contributed by atoms with Crippen LogP contribution in [0.2, 0.25) is 10.0 Å². The fourth-order valence-corrected chi connectivity index (χ4v) is 5.05. The molecule has 1 aliphatic heterocycles. The summed E-state index contributed by atoms with van der Waals surface area (Å²) in [4.78, 5) is 25.4. The van der Waals surface area contributed by atoms with Crippen molar-refractivity contribution in [2.45, 2.75) is 44.6 Å². The molecule has 8 heteroatoms. The van der Waals surface area contributed by atoms with E-state index in [4.69, 9.17) is 37.4 Å². The molecule has 0 aromatic heterocycles. The normalized spacial score (nSPS) is 17.1. The van der Waals surface area contributed by atoms with Crippen LogP contribution in [-0.2, 0) is 16.0 Å². The average molecular weight is 554 g/mol. The molecule has 1 fully saturated rings. The maximum atomic E-state index is 13.0. The molecule has 3 aromatic rings. The number of ether oxygens (including phenoxy) is 3. The molecule has 1 amide bonds. The third kappa shape index (κ3) is 6.25. The second kappa shape index (κ2) is 11.7. The Morgan fingerprint density at radius 2 is 1.76 bits per heavy atom. The van der Waals surface area contributed by atoms with E-state index in [-0.39, 0.29) is 17.9 Å². The number of esters is 1. The second-order valence-electron chi connectivity index (χ2n) is 9.64.